The van der Waals surface area contributed by atoms with Crippen LogP contribution < -0.4 is 0 Å². The molecule has 0 spiro atoms. The summed E-state index contributed by atoms with van der Waals surface area (Å²) in [4.78, 5) is 17.2. The molecular weight excluding hydrogens is 292 g/mol. The van der Waals surface area contributed by atoms with Crippen LogP contribution in [0.25, 0.3) is 10.4 Å². The van der Waals surface area contributed by atoms with Crippen molar-refractivity contribution in [1.29, 1.82) is 0 Å². The molecule has 118 valence electrons. The van der Waals surface area contributed by atoms with Gasteiger partial charge in [0.25, 0.3) is 0 Å². The van der Waals surface area contributed by atoms with E-state index in [0.717, 1.165) is 5.56 Å². The van der Waals surface area contributed by atoms with Crippen molar-refractivity contribution in [3.63, 3.8) is 0 Å². The highest BCUT2D eigenvalue weighted by Crippen LogP contribution is 2.37. The molecule has 0 aliphatic carbocycles. The lowest BCUT2D eigenvalue weighted by atomic mass is 9.97. The lowest BCUT2D eigenvalue weighted by Gasteiger charge is -2.26. The molecule has 6 heteroatoms. The maximum Gasteiger partial charge on any atom is 0.223 e. The second-order valence-electron chi connectivity index (χ2n) is 5.76. The summed E-state index contributed by atoms with van der Waals surface area (Å²) in [5.74, 6) is 0.613. The number of likely N-dealkylation sites (tertiary alicyclic amines) is 1. The lowest BCUT2D eigenvalue weighted by Crippen LogP contribution is -2.29. The number of hydrogen-bond acceptors (Lipinski definition) is 3. The summed E-state index contributed by atoms with van der Waals surface area (Å²) >= 11 is 0. The summed E-state index contributed by atoms with van der Waals surface area (Å²) in [5.41, 5.74) is 9.93. The number of hydrogen-bond donors (Lipinski definition) is 0. The van der Waals surface area contributed by atoms with Gasteiger partial charge in [-0.25, -0.2) is 0 Å². The Hall–Kier alpha value is -2.72. The third kappa shape index (κ3) is 3.07. The first-order chi connectivity index (χ1) is 11.2. The van der Waals surface area contributed by atoms with Crippen LogP contribution in [-0.2, 0) is 4.79 Å². The average molecular weight is 310 g/mol. The maximum atomic E-state index is 12.4. The molecular formula is C17H18N4O2. The first-order valence-electron chi connectivity index (χ1n) is 7.62. The van der Waals surface area contributed by atoms with Gasteiger partial charge in [0.05, 0.1) is 12.3 Å². The first kappa shape index (κ1) is 15.2. The van der Waals surface area contributed by atoms with Crippen LogP contribution in [-0.4, -0.2) is 17.4 Å². The van der Waals surface area contributed by atoms with E-state index in [9.17, 15) is 4.79 Å². The van der Waals surface area contributed by atoms with Crippen molar-refractivity contribution in [3.8, 4) is 0 Å². The Bertz CT molecular complexity index is 707. The Morgan fingerprint density at radius 2 is 2.09 bits per heavy atom. The molecule has 0 bridgehead atoms. The minimum absolute atomic E-state index is 0.00276. The summed E-state index contributed by atoms with van der Waals surface area (Å²) in [6.07, 6.45) is 1.91. The second kappa shape index (κ2) is 6.58. The summed E-state index contributed by atoms with van der Waals surface area (Å²) in [5, 5.41) is 3.86. The van der Waals surface area contributed by atoms with E-state index in [1.54, 1.807) is 18.4 Å². The number of carbonyl (C=O) groups excluding carboxylic acids is 1. The standard InChI is InChI=1S/C17H18N4O2/c1-12(13-6-3-2-4-7-13)21-11-14(10-16(21)22)17(19-20-18)15-8-5-9-23-15/h2-9,12,14,17H,10-11H2,1H3/t12-,14-,17?/m1/s1. The molecule has 1 amide bonds. The van der Waals surface area contributed by atoms with Crippen molar-refractivity contribution in [2.75, 3.05) is 6.54 Å². The SMILES string of the molecule is C[C@H](c1ccccc1)N1C[C@H](C(N=[N+]=[N-])c2ccco2)CC1=O. The van der Waals surface area contributed by atoms with Crippen LogP contribution in [0.4, 0.5) is 0 Å². The molecule has 2 aromatic rings. The van der Waals surface area contributed by atoms with E-state index >= 15 is 0 Å². The first-order valence-corrected chi connectivity index (χ1v) is 7.62. The predicted octanol–water partition coefficient (Wildman–Crippen LogP) is 4.24. The normalized spacial score (nSPS) is 20.1. The van der Waals surface area contributed by atoms with Crippen molar-refractivity contribution >= 4 is 5.91 Å². The van der Waals surface area contributed by atoms with Crippen LogP contribution >= 0.6 is 0 Å². The van der Waals surface area contributed by atoms with E-state index in [-0.39, 0.29) is 17.9 Å². The maximum absolute atomic E-state index is 12.4. The van der Waals surface area contributed by atoms with Crippen molar-refractivity contribution < 1.29 is 9.21 Å². The molecule has 0 N–H and O–H groups in total. The second-order valence-corrected chi connectivity index (χ2v) is 5.76. The molecule has 1 unspecified atom stereocenters. The third-order valence-corrected chi connectivity index (χ3v) is 4.40. The average Bonchev–Trinajstić information content (AvgIpc) is 3.22. The molecule has 2 heterocycles. The van der Waals surface area contributed by atoms with Gasteiger partial charge in [-0.15, -0.1) is 0 Å². The number of nitrogens with zero attached hydrogens (tertiary/aromatic N) is 4. The zero-order chi connectivity index (χ0) is 16.2. The Morgan fingerprint density at radius 1 is 1.30 bits per heavy atom. The molecule has 1 saturated heterocycles. The van der Waals surface area contributed by atoms with E-state index in [0.29, 0.717) is 18.7 Å². The Morgan fingerprint density at radius 3 is 2.74 bits per heavy atom. The molecule has 6 nitrogen and oxygen atoms in total. The fourth-order valence-electron chi connectivity index (χ4n) is 3.16. The van der Waals surface area contributed by atoms with E-state index in [1.807, 2.05) is 42.2 Å². The Labute approximate surface area is 134 Å². The number of rotatable bonds is 5. The largest absolute Gasteiger partial charge is 0.469 e. The highest BCUT2D eigenvalue weighted by molar-refractivity contribution is 5.79. The van der Waals surface area contributed by atoms with Crippen molar-refractivity contribution in [2.24, 2.45) is 11.0 Å². The van der Waals surface area contributed by atoms with Crippen LogP contribution in [0.3, 0.4) is 0 Å². The zero-order valence-corrected chi connectivity index (χ0v) is 12.9. The van der Waals surface area contributed by atoms with Gasteiger partial charge < -0.3 is 9.32 Å². The van der Waals surface area contributed by atoms with E-state index in [4.69, 9.17) is 9.95 Å². The molecule has 1 aromatic carbocycles. The monoisotopic (exact) mass is 310 g/mol. The highest BCUT2D eigenvalue weighted by atomic mass is 16.3. The van der Waals surface area contributed by atoms with Gasteiger partial charge in [0.2, 0.25) is 5.91 Å². The van der Waals surface area contributed by atoms with Gasteiger partial charge in [-0.1, -0.05) is 35.4 Å². The van der Waals surface area contributed by atoms with Gasteiger partial charge in [0.1, 0.15) is 11.8 Å². The lowest BCUT2D eigenvalue weighted by molar-refractivity contribution is -0.129. The quantitative estimate of drug-likeness (QED) is 0.470. The van der Waals surface area contributed by atoms with Crippen LogP contribution in [0.15, 0.2) is 58.3 Å². The smallest absolute Gasteiger partial charge is 0.223 e. The van der Waals surface area contributed by atoms with Gasteiger partial charge >= 0.3 is 0 Å². The van der Waals surface area contributed by atoms with Gasteiger partial charge in [-0.3, -0.25) is 4.79 Å². The molecule has 1 fully saturated rings. The van der Waals surface area contributed by atoms with E-state index in [2.05, 4.69) is 10.0 Å². The van der Waals surface area contributed by atoms with Crippen molar-refractivity contribution in [2.45, 2.75) is 25.4 Å². The predicted molar refractivity (Wildman–Crippen MR) is 85.3 cm³/mol. The van der Waals surface area contributed by atoms with Gasteiger partial charge in [0.15, 0.2) is 0 Å². The molecule has 1 aromatic heterocycles. The highest BCUT2D eigenvalue weighted by Gasteiger charge is 2.38. The molecule has 0 saturated carbocycles. The van der Waals surface area contributed by atoms with Crippen molar-refractivity contribution in [1.82, 2.24) is 4.90 Å². The fourth-order valence-corrected chi connectivity index (χ4v) is 3.16. The molecule has 1 aliphatic rings. The Kier molecular flexibility index (Phi) is 4.35. The minimum Gasteiger partial charge on any atom is -0.469 e. The molecule has 23 heavy (non-hydrogen) atoms. The number of benzene rings is 1. The van der Waals surface area contributed by atoms with E-state index in [1.165, 1.54) is 0 Å². The van der Waals surface area contributed by atoms with Crippen LogP contribution in [0.5, 0.6) is 0 Å². The minimum atomic E-state index is -0.452. The third-order valence-electron chi connectivity index (χ3n) is 4.40. The van der Waals surface area contributed by atoms with Gasteiger partial charge in [-0.2, -0.15) is 0 Å². The van der Waals surface area contributed by atoms with Crippen LogP contribution in [0.1, 0.15) is 36.8 Å². The number of furan rings is 1. The number of amides is 1. The van der Waals surface area contributed by atoms with Gasteiger partial charge in [0, 0.05) is 23.8 Å². The summed E-state index contributed by atoms with van der Waals surface area (Å²) < 4.78 is 5.38. The Balaban J connectivity index is 1.80. The number of carbonyl (C=O) groups is 1. The molecule has 3 atom stereocenters. The zero-order valence-electron chi connectivity index (χ0n) is 12.9. The summed E-state index contributed by atoms with van der Waals surface area (Å²) in [6, 6.07) is 13.0. The van der Waals surface area contributed by atoms with Gasteiger partial charge in [-0.05, 0) is 30.2 Å². The fraction of sp³-hybridized carbons (Fsp3) is 0.353. The van der Waals surface area contributed by atoms with Crippen LogP contribution in [0, 0.1) is 5.92 Å². The summed E-state index contributed by atoms with van der Waals surface area (Å²) in [6.45, 7) is 2.57. The molecule has 1 aliphatic heterocycles. The summed E-state index contributed by atoms with van der Waals surface area (Å²) in [7, 11) is 0. The topological polar surface area (TPSA) is 82.2 Å². The van der Waals surface area contributed by atoms with Crippen LogP contribution in [0.2, 0.25) is 0 Å². The molecule has 0 radical (unpaired) electrons. The number of azide groups is 1. The van der Waals surface area contributed by atoms with E-state index < -0.39 is 6.04 Å². The van der Waals surface area contributed by atoms with Crippen molar-refractivity contribution in [3.05, 3.63) is 70.5 Å². The molecule has 3 rings (SSSR count).